The van der Waals surface area contributed by atoms with Crippen LogP contribution in [-0.2, 0) is 27.1 Å². The van der Waals surface area contributed by atoms with Crippen LogP contribution in [0.4, 0.5) is 4.79 Å². The standard InChI is InChI=1S/C5H10O3.Ag/c1-2-3-4-8-5(6)7;/h2-4H2,1H3,(H,6,7);/q;+1/p-1. The SMILES string of the molecule is CCCCOC(=O)[O-].[Ag+]. The van der Waals surface area contributed by atoms with Crippen LogP contribution in [0.3, 0.4) is 0 Å². The van der Waals surface area contributed by atoms with Crippen molar-refractivity contribution in [3.63, 3.8) is 0 Å². The number of ether oxygens (including phenoxy) is 1. The minimum atomic E-state index is -1.43. The monoisotopic (exact) mass is 224 g/mol. The second kappa shape index (κ2) is 8.01. The summed E-state index contributed by atoms with van der Waals surface area (Å²) in [6.07, 6.45) is 0.278. The molecule has 0 bridgehead atoms. The molecule has 3 nitrogen and oxygen atoms in total. The van der Waals surface area contributed by atoms with E-state index in [4.69, 9.17) is 0 Å². The van der Waals surface area contributed by atoms with Gasteiger partial charge in [0, 0.05) is 6.61 Å². The van der Waals surface area contributed by atoms with Gasteiger partial charge in [0.2, 0.25) is 0 Å². The average Bonchev–Trinajstić information content (AvgIpc) is 1.66. The van der Waals surface area contributed by atoms with Gasteiger partial charge < -0.3 is 14.6 Å². The topological polar surface area (TPSA) is 49.4 Å². The maximum atomic E-state index is 9.54. The quantitative estimate of drug-likeness (QED) is 0.390. The zero-order chi connectivity index (χ0) is 6.41. The summed E-state index contributed by atoms with van der Waals surface area (Å²) < 4.78 is 4.09. The first-order chi connectivity index (χ1) is 3.77. The molecule has 0 aromatic rings. The molecule has 0 radical (unpaired) electrons. The molecule has 9 heavy (non-hydrogen) atoms. The van der Waals surface area contributed by atoms with E-state index in [0.29, 0.717) is 0 Å². The first-order valence-electron chi connectivity index (χ1n) is 2.61. The molecule has 58 valence electrons. The molecule has 0 saturated heterocycles. The van der Waals surface area contributed by atoms with Gasteiger partial charge >= 0.3 is 22.4 Å². The largest absolute Gasteiger partial charge is 1.00 e. The Labute approximate surface area is 69.9 Å². The Bertz CT molecular complexity index is 74.6. The van der Waals surface area contributed by atoms with Crippen molar-refractivity contribution < 1.29 is 37.0 Å². The third-order valence-electron chi connectivity index (χ3n) is 0.718. The Morgan fingerprint density at radius 1 is 1.67 bits per heavy atom. The number of hydrogen-bond donors (Lipinski definition) is 0. The Morgan fingerprint density at radius 3 is 2.56 bits per heavy atom. The van der Waals surface area contributed by atoms with Crippen LogP contribution < -0.4 is 5.11 Å². The van der Waals surface area contributed by atoms with Crippen LogP contribution in [0.15, 0.2) is 0 Å². The fourth-order valence-electron chi connectivity index (χ4n) is 0.300. The normalized spacial score (nSPS) is 7.67. The third kappa shape index (κ3) is 11.5. The molecule has 4 heteroatoms. The van der Waals surface area contributed by atoms with Crippen LogP contribution >= 0.6 is 0 Å². The fourth-order valence-corrected chi connectivity index (χ4v) is 0.300. The number of carbonyl (C=O) groups excluding carboxylic acids is 1. The zero-order valence-corrected chi connectivity index (χ0v) is 6.63. The molecular formula is C5H9AgO3. The van der Waals surface area contributed by atoms with Crippen molar-refractivity contribution in [2.75, 3.05) is 6.61 Å². The molecule has 0 amide bonds. The Hall–Kier alpha value is 0.0103. The molecule has 0 atom stereocenters. The molecule has 0 saturated carbocycles. The van der Waals surface area contributed by atoms with Gasteiger partial charge in [-0.2, -0.15) is 0 Å². The van der Waals surface area contributed by atoms with Crippen LogP contribution in [0.25, 0.3) is 0 Å². The van der Waals surface area contributed by atoms with E-state index >= 15 is 0 Å². The van der Waals surface area contributed by atoms with E-state index in [-0.39, 0.29) is 29.0 Å². The van der Waals surface area contributed by atoms with Crippen LogP contribution in [0, 0.1) is 0 Å². The third-order valence-corrected chi connectivity index (χ3v) is 0.718. The van der Waals surface area contributed by atoms with Crippen molar-refractivity contribution in [3.05, 3.63) is 0 Å². The maximum absolute atomic E-state index is 9.54. The summed E-state index contributed by atoms with van der Waals surface area (Å²) >= 11 is 0. The van der Waals surface area contributed by atoms with Crippen molar-refractivity contribution in [1.82, 2.24) is 0 Å². The Morgan fingerprint density at radius 2 is 2.22 bits per heavy atom. The van der Waals surface area contributed by atoms with Crippen LogP contribution in [-0.4, -0.2) is 12.8 Å². The number of rotatable bonds is 3. The summed E-state index contributed by atoms with van der Waals surface area (Å²) in [6.45, 7) is 2.22. The summed E-state index contributed by atoms with van der Waals surface area (Å²) in [5, 5.41) is 9.54. The molecule has 0 aliphatic heterocycles. The number of carbonyl (C=O) groups is 1. The van der Waals surface area contributed by atoms with Gasteiger partial charge in [-0.15, -0.1) is 0 Å². The molecule has 0 spiro atoms. The predicted molar refractivity (Wildman–Crippen MR) is 26.3 cm³/mol. The Kier molecular flexibility index (Phi) is 10.5. The second-order valence-electron chi connectivity index (χ2n) is 1.45. The van der Waals surface area contributed by atoms with Gasteiger partial charge in [-0.1, -0.05) is 13.3 Å². The molecular weight excluding hydrogens is 216 g/mol. The first kappa shape index (κ1) is 11.8. The van der Waals surface area contributed by atoms with Gasteiger partial charge in [0.05, 0.1) is 0 Å². The van der Waals surface area contributed by atoms with Crippen LogP contribution in [0.1, 0.15) is 19.8 Å². The zero-order valence-electron chi connectivity index (χ0n) is 5.15. The van der Waals surface area contributed by atoms with E-state index in [1.807, 2.05) is 6.92 Å². The minimum absolute atomic E-state index is 0. The number of carboxylic acid groups (broad SMARTS) is 1. The van der Waals surface area contributed by atoms with Crippen molar-refractivity contribution in [2.45, 2.75) is 19.8 Å². The molecule has 0 N–H and O–H groups in total. The second-order valence-corrected chi connectivity index (χ2v) is 1.45. The molecule has 0 aromatic carbocycles. The van der Waals surface area contributed by atoms with Crippen molar-refractivity contribution >= 4 is 6.16 Å². The van der Waals surface area contributed by atoms with Gasteiger partial charge in [-0.25, -0.2) is 0 Å². The number of unbranched alkanes of at least 4 members (excludes halogenated alkanes) is 1. The molecule has 0 rings (SSSR count). The van der Waals surface area contributed by atoms with E-state index in [9.17, 15) is 9.90 Å². The van der Waals surface area contributed by atoms with Gasteiger partial charge in [-0.3, -0.25) is 0 Å². The summed E-state index contributed by atoms with van der Waals surface area (Å²) in [5.74, 6) is 0. The minimum Gasteiger partial charge on any atom is -0.550 e. The Balaban J connectivity index is 0. The summed E-state index contributed by atoms with van der Waals surface area (Å²) in [6, 6.07) is 0. The smallest absolute Gasteiger partial charge is 0.550 e. The van der Waals surface area contributed by atoms with E-state index in [1.54, 1.807) is 0 Å². The van der Waals surface area contributed by atoms with Crippen molar-refractivity contribution in [2.24, 2.45) is 0 Å². The fraction of sp³-hybridized carbons (Fsp3) is 0.800. The summed E-state index contributed by atoms with van der Waals surface area (Å²) in [4.78, 5) is 9.54. The maximum Gasteiger partial charge on any atom is 1.00 e. The van der Waals surface area contributed by atoms with Gasteiger partial charge in [-0.05, 0) is 6.42 Å². The van der Waals surface area contributed by atoms with Crippen molar-refractivity contribution in [1.29, 1.82) is 0 Å². The van der Waals surface area contributed by atoms with Gasteiger partial charge in [0.15, 0.2) is 0 Å². The van der Waals surface area contributed by atoms with E-state index in [2.05, 4.69) is 4.74 Å². The molecule has 0 unspecified atom stereocenters. The first-order valence-corrected chi connectivity index (χ1v) is 2.61. The molecule has 0 aliphatic carbocycles. The average molecular weight is 225 g/mol. The van der Waals surface area contributed by atoms with Gasteiger partial charge in [0.25, 0.3) is 6.16 Å². The van der Waals surface area contributed by atoms with E-state index in [1.165, 1.54) is 0 Å². The molecule has 0 aliphatic rings. The summed E-state index contributed by atoms with van der Waals surface area (Å²) in [7, 11) is 0. The van der Waals surface area contributed by atoms with Crippen LogP contribution in [0.2, 0.25) is 0 Å². The number of hydrogen-bond acceptors (Lipinski definition) is 3. The molecule has 0 aromatic heterocycles. The van der Waals surface area contributed by atoms with E-state index in [0.717, 1.165) is 12.8 Å². The van der Waals surface area contributed by atoms with Gasteiger partial charge in [0.1, 0.15) is 0 Å². The van der Waals surface area contributed by atoms with E-state index < -0.39 is 6.16 Å². The molecule has 0 heterocycles. The predicted octanol–water partition coefficient (Wildman–Crippen LogP) is 0.144. The molecule has 0 fully saturated rings. The summed E-state index contributed by atoms with van der Waals surface area (Å²) in [5.41, 5.74) is 0. The van der Waals surface area contributed by atoms with Crippen molar-refractivity contribution in [3.8, 4) is 0 Å². The van der Waals surface area contributed by atoms with Crippen LogP contribution in [0.5, 0.6) is 0 Å².